The van der Waals surface area contributed by atoms with Crippen molar-refractivity contribution in [1.82, 2.24) is 9.88 Å². The summed E-state index contributed by atoms with van der Waals surface area (Å²) in [6, 6.07) is 0.140. The molecule has 0 saturated carbocycles. The first-order valence-electron chi connectivity index (χ1n) is 7.35. The first-order valence-corrected chi connectivity index (χ1v) is 8.16. The molecule has 0 spiro atoms. The normalized spacial score (nSPS) is 12.2. The topological polar surface area (TPSA) is 80.5 Å². The predicted molar refractivity (Wildman–Crippen MR) is 88.0 cm³/mol. The lowest BCUT2D eigenvalue weighted by molar-refractivity contribution is 0.0619. The highest BCUT2D eigenvalue weighted by Crippen LogP contribution is 2.27. The average Bonchev–Trinajstić information content (AvgIpc) is 2.85. The minimum absolute atomic E-state index is 0.0686. The minimum atomic E-state index is -0.0686. The molecule has 0 aliphatic rings. The summed E-state index contributed by atoms with van der Waals surface area (Å²) in [4.78, 5) is 19.2. The molecule has 0 aromatic carbocycles. The van der Waals surface area contributed by atoms with Crippen LogP contribution in [0.2, 0.25) is 0 Å². The maximum atomic E-state index is 12.7. The van der Waals surface area contributed by atoms with Crippen LogP contribution in [0.15, 0.2) is 0 Å². The average molecular weight is 314 g/mol. The minimum Gasteiger partial charge on any atom is -0.383 e. The van der Waals surface area contributed by atoms with Crippen molar-refractivity contribution in [2.75, 3.05) is 37.9 Å². The zero-order valence-electron chi connectivity index (χ0n) is 13.3. The molecule has 3 N–H and O–H groups in total. The molecule has 0 bridgehead atoms. The Balaban J connectivity index is 2.89. The molecule has 0 radical (unpaired) electrons. The number of thiazole rings is 1. The maximum Gasteiger partial charge on any atom is 0.268 e. The van der Waals surface area contributed by atoms with Gasteiger partial charge in [0.2, 0.25) is 0 Å². The van der Waals surface area contributed by atoms with Crippen molar-refractivity contribution >= 4 is 28.2 Å². The second-order valence-electron chi connectivity index (χ2n) is 4.91. The van der Waals surface area contributed by atoms with Gasteiger partial charge in [0.05, 0.1) is 6.61 Å². The fraction of sp³-hybridized carbons (Fsp3) is 0.714. The molecule has 1 aromatic rings. The van der Waals surface area contributed by atoms with Crippen LogP contribution in [0.4, 0.5) is 10.9 Å². The molecular formula is C14H26N4O2S. The van der Waals surface area contributed by atoms with E-state index in [1.54, 1.807) is 12.0 Å². The second-order valence-corrected chi connectivity index (χ2v) is 5.91. The monoisotopic (exact) mass is 314 g/mol. The number of anilines is 2. The van der Waals surface area contributed by atoms with Crippen molar-refractivity contribution < 1.29 is 9.53 Å². The van der Waals surface area contributed by atoms with Crippen molar-refractivity contribution in [3.63, 3.8) is 0 Å². The van der Waals surface area contributed by atoms with Crippen LogP contribution in [0.25, 0.3) is 0 Å². The summed E-state index contributed by atoms with van der Waals surface area (Å²) >= 11 is 1.32. The van der Waals surface area contributed by atoms with E-state index in [0.717, 1.165) is 19.4 Å². The van der Waals surface area contributed by atoms with Crippen LogP contribution in [0, 0.1) is 0 Å². The van der Waals surface area contributed by atoms with Gasteiger partial charge in [-0.05, 0) is 19.8 Å². The smallest absolute Gasteiger partial charge is 0.268 e. The van der Waals surface area contributed by atoms with E-state index in [1.165, 1.54) is 11.3 Å². The number of amides is 1. The summed E-state index contributed by atoms with van der Waals surface area (Å²) in [6.45, 7) is 8.04. The van der Waals surface area contributed by atoms with Gasteiger partial charge in [0.15, 0.2) is 5.13 Å². The highest BCUT2D eigenvalue weighted by Gasteiger charge is 2.25. The number of ether oxygens (including phenoxy) is 1. The summed E-state index contributed by atoms with van der Waals surface area (Å²) in [7, 11) is 1.63. The summed E-state index contributed by atoms with van der Waals surface area (Å²) < 4.78 is 5.09. The maximum absolute atomic E-state index is 12.7. The number of nitrogen functional groups attached to an aromatic ring is 1. The third kappa shape index (κ3) is 4.86. The quantitative estimate of drug-likeness (QED) is 0.732. The van der Waals surface area contributed by atoms with E-state index in [2.05, 4.69) is 24.1 Å². The van der Waals surface area contributed by atoms with Gasteiger partial charge in [0.1, 0.15) is 10.7 Å². The van der Waals surface area contributed by atoms with E-state index >= 15 is 0 Å². The van der Waals surface area contributed by atoms with Gasteiger partial charge in [-0.25, -0.2) is 4.98 Å². The van der Waals surface area contributed by atoms with Gasteiger partial charge in [0.25, 0.3) is 5.91 Å². The number of aromatic nitrogens is 1. The Hall–Kier alpha value is -1.34. The Labute approximate surface area is 130 Å². The van der Waals surface area contributed by atoms with Crippen LogP contribution in [0.3, 0.4) is 0 Å². The number of carbonyl (C=O) groups is 1. The van der Waals surface area contributed by atoms with Gasteiger partial charge in [-0.3, -0.25) is 4.79 Å². The van der Waals surface area contributed by atoms with Crippen LogP contribution in [-0.4, -0.2) is 48.6 Å². The van der Waals surface area contributed by atoms with Gasteiger partial charge in [0, 0.05) is 26.2 Å². The van der Waals surface area contributed by atoms with Crippen LogP contribution in [0.1, 0.15) is 43.3 Å². The molecule has 0 fully saturated rings. The number of carbonyl (C=O) groups excluding carboxylic acids is 1. The summed E-state index contributed by atoms with van der Waals surface area (Å²) in [5, 5.41) is 3.87. The highest BCUT2D eigenvalue weighted by atomic mass is 32.1. The molecule has 1 heterocycles. The molecule has 1 unspecified atom stereocenters. The SMILES string of the molecule is CCCNc1nc(N)c(C(=O)N(CCOC)C(C)CC)s1. The fourth-order valence-corrected chi connectivity index (χ4v) is 2.72. The van der Waals surface area contributed by atoms with Gasteiger partial charge in [-0.2, -0.15) is 0 Å². The van der Waals surface area contributed by atoms with E-state index < -0.39 is 0 Å². The zero-order valence-corrected chi connectivity index (χ0v) is 14.1. The standard InChI is InChI=1S/C14H26N4O2S/c1-5-7-16-14-17-12(15)11(21-14)13(19)18(8-9-20-4)10(3)6-2/h10H,5-9,15H2,1-4H3,(H,16,17). The third-order valence-corrected chi connectivity index (χ3v) is 4.31. The molecule has 1 atom stereocenters. The molecule has 120 valence electrons. The van der Waals surface area contributed by atoms with Crippen LogP contribution in [-0.2, 0) is 4.74 Å². The van der Waals surface area contributed by atoms with E-state index in [9.17, 15) is 4.79 Å². The van der Waals surface area contributed by atoms with Crippen molar-refractivity contribution in [1.29, 1.82) is 0 Å². The summed E-state index contributed by atoms with van der Waals surface area (Å²) in [5.74, 6) is 0.232. The molecule has 1 rings (SSSR count). The zero-order chi connectivity index (χ0) is 15.8. The summed E-state index contributed by atoms with van der Waals surface area (Å²) in [6.07, 6.45) is 1.88. The second kappa shape index (κ2) is 8.84. The van der Waals surface area contributed by atoms with Crippen molar-refractivity contribution in [3.8, 4) is 0 Å². The Morgan fingerprint density at radius 1 is 1.52 bits per heavy atom. The van der Waals surface area contributed by atoms with Crippen LogP contribution in [0.5, 0.6) is 0 Å². The van der Waals surface area contributed by atoms with Crippen LogP contribution >= 0.6 is 11.3 Å². The molecular weight excluding hydrogens is 288 g/mol. The Kier molecular flexibility index (Phi) is 7.45. The number of rotatable bonds is 9. The van der Waals surface area contributed by atoms with E-state index in [0.29, 0.717) is 29.0 Å². The number of nitrogens with zero attached hydrogens (tertiary/aromatic N) is 2. The Morgan fingerprint density at radius 3 is 2.81 bits per heavy atom. The van der Waals surface area contributed by atoms with Crippen molar-refractivity contribution in [2.24, 2.45) is 0 Å². The molecule has 0 aliphatic carbocycles. The molecule has 21 heavy (non-hydrogen) atoms. The number of nitrogens with one attached hydrogen (secondary N) is 1. The molecule has 7 heteroatoms. The van der Waals surface area contributed by atoms with Gasteiger partial charge >= 0.3 is 0 Å². The lowest BCUT2D eigenvalue weighted by Gasteiger charge is -2.27. The first-order chi connectivity index (χ1) is 10.0. The van der Waals surface area contributed by atoms with Gasteiger partial charge in [-0.15, -0.1) is 0 Å². The summed E-state index contributed by atoms with van der Waals surface area (Å²) in [5.41, 5.74) is 5.90. The third-order valence-electron chi connectivity index (χ3n) is 3.29. The number of nitrogens with two attached hydrogens (primary N) is 1. The number of methoxy groups -OCH3 is 1. The van der Waals surface area contributed by atoms with E-state index in [-0.39, 0.29) is 11.9 Å². The molecule has 0 saturated heterocycles. The van der Waals surface area contributed by atoms with E-state index in [1.807, 2.05) is 6.92 Å². The number of hydrogen-bond acceptors (Lipinski definition) is 6. The molecule has 0 aliphatic heterocycles. The first kappa shape index (κ1) is 17.7. The van der Waals surface area contributed by atoms with Crippen molar-refractivity contribution in [3.05, 3.63) is 4.88 Å². The molecule has 1 aromatic heterocycles. The lowest BCUT2D eigenvalue weighted by Crippen LogP contribution is -2.40. The van der Waals surface area contributed by atoms with E-state index in [4.69, 9.17) is 10.5 Å². The van der Waals surface area contributed by atoms with Crippen molar-refractivity contribution in [2.45, 2.75) is 39.7 Å². The highest BCUT2D eigenvalue weighted by molar-refractivity contribution is 7.18. The van der Waals surface area contributed by atoms with Gasteiger partial charge < -0.3 is 20.7 Å². The predicted octanol–water partition coefficient (Wildman–Crippen LogP) is 2.43. The molecule has 6 nitrogen and oxygen atoms in total. The van der Waals surface area contributed by atoms with Crippen LogP contribution < -0.4 is 11.1 Å². The Morgan fingerprint density at radius 2 is 2.24 bits per heavy atom. The Bertz CT molecular complexity index is 450. The van der Waals surface area contributed by atoms with Gasteiger partial charge in [-0.1, -0.05) is 25.2 Å². The molecule has 1 amide bonds. The fourth-order valence-electron chi connectivity index (χ4n) is 1.86. The lowest BCUT2D eigenvalue weighted by atomic mass is 10.2. The largest absolute Gasteiger partial charge is 0.383 e. The number of hydrogen-bond donors (Lipinski definition) is 2.